The highest BCUT2D eigenvalue weighted by molar-refractivity contribution is 4.52. The molecule has 0 spiro atoms. The minimum atomic E-state index is -3.97. The molecule has 12 heavy (non-hydrogen) atoms. The van der Waals surface area contributed by atoms with Crippen molar-refractivity contribution in [1.82, 2.24) is 0 Å². The van der Waals surface area contributed by atoms with E-state index in [0.717, 1.165) is 25.7 Å². The zero-order valence-electron chi connectivity index (χ0n) is 7.29. The van der Waals surface area contributed by atoms with Crippen molar-refractivity contribution in [2.75, 3.05) is 0 Å². The van der Waals surface area contributed by atoms with Gasteiger partial charge in [0, 0.05) is 6.42 Å². The maximum absolute atomic E-state index is 11.6. The predicted octanol–water partition coefficient (Wildman–Crippen LogP) is 4.11. The Morgan fingerprint density at radius 2 is 1.33 bits per heavy atom. The number of hydrogen-bond acceptors (Lipinski definition) is 0. The fourth-order valence-corrected chi connectivity index (χ4v) is 1.03. The zero-order chi connectivity index (χ0) is 9.45. The van der Waals surface area contributed by atoms with Gasteiger partial charge >= 0.3 is 6.18 Å². The van der Waals surface area contributed by atoms with Crippen LogP contribution < -0.4 is 0 Å². The highest BCUT2D eigenvalue weighted by Gasteiger charge is 2.25. The predicted molar refractivity (Wildman–Crippen MR) is 43.7 cm³/mol. The molecular weight excluding hydrogens is 165 g/mol. The summed E-state index contributed by atoms with van der Waals surface area (Å²) in [5.74, 6) is 0. The monoisotopic (exact) mass is 181 g/mol. The molecule has 0 aliphatic rings. The number of halogens is 3. The Balaban J connectivity index is 3.01. The fourth-order valence-electron chi connectivity index (χ4n) is 1.03. The van der Waals surface area contributed by atoms with Crippen molar-refractivity contribution < 1.29 is 13.2 Å². The third-order valence-electron chi connectivity index (χ3n) is 1.71. The van der Waals surface area contributed by atoms with Gasteiger partial charge in [-0.05, 0) is 6.42 Å². The first-order valence-electron chi connectivity index (χ1n) is 4.42. The van der Waals surface area contributed by atoms with Gasteiger partial charge in [-0.25, -0.2) is 0 Å². The van der Waals surface area contributed by atoms with E-state index >= 15 is 0 Å². The molecule has 0 saturated carbocycles. The van der Waals surface area contributed by atoms with Crippen molar-refractivity contribution in [3.63, 3.8) is 0 Å². The van der Waals surface area contributed by atoms with Gasteiger partial charge in [0.1, 0.15) is 0 Å². The molecule has 0 heterocycles. The Morgan fingerprint density at radius 1 is 0.833 bits per heavy atom. The summed E-state index contributed by atoms with van der Waals surface area (Å²) < 4.78 is 34.9. The number of hydrogen-bond donors (Lipinski definition) is 0. The van der Waals surface area contributed by atoms with Crippen LogP contribution in [0.5, 0.6) is 0 Å². The smallest absolute Gasteiger partial charge is 0.171 e. The van der Waals surface area contributed by atoms with Gasteiger partial charge in [0.05, 0.1) is 0 Å². The number of alkyl halides is 3. The lowest BCUT2D eigenvalue weighted by molar-refractivity contribution is -0.135. The average Bonchev–Trinajstić information content (AvgIpc) is 1.94. The molecule has 0 nitrogen and oxygen atoms in total. The summed E-state index contributed by atoms with van der Waals surface area (Å²) in [6.07, 6.45) is 0.224. The second-order valence-corrected chi connectivity index (χ2v) is 2.99. The summed E-state index contributed by atoms with van der Waals surface area (Å²) in [5, 5.41) is 0. The molecule has 0 N–H and O–H groups in total. The van der Waals surface area contributed by atoms with Crippen LogP contribution in [0.4, 0.5) is 13.2 Å². The summed E-state index contributed by atoms with van der Waals surface area (Å²) in [5.41, 5.74) is 0. The van der Waals surface area contributed by atoms with Gasteiger partial charge < -0.3 is 0 Å². The molecule has 0 aliphatic carbocycles. The van der Waals surface area contributed by atoms with Crippen molar-refractivity contribution in [1.29, 1.82) is 0 Å². The van der Waals surface area contributed by atoms with E-state index in [1.165, 1.54) is 0 Å². The van der Waals surface area contributed by atoms with Crippen LogP contribution in [0.2, 0.25) is 0 Å². The first-order valence-corrected chi connectivity index (χ1v) is 4.42. The van der Waals surface area contributed by atoms with Crippen molar-refractivity contribution in [2.45, 2.75) is 51.1 Å². The Morgan fingerprint density at radius 3 is 1.83 bits per heavy atom. The molecule has 0 amide bonds. The third-order valence-corrected chi connectivity index (χ3v) is 1.71. The summed E-state index contributed by atoms with van der Waals surface area (Å²) in [6, 6.07) is 0. The Bertz CT molecular complexity index is 96.4. The molecule has 0 aromatic rings. The molecule has 0 bridgehead atoms. The van der Waals surface area contributed by atoms with Gasteiger partial charge in [-0.3, -0.25) is 0 Å². The van der Waals surface area contributed by atoms with Gasteiger partial charge in [-0.1, -0.05) is 39.0 Å². The van der Waals surface area contributed by atoms with Crippen LogP contribution in [-0.4, -0.2) is 6.18 Å². The van der Waals surface area contributed by atoms with Gasteiger partial charge in [0.2, 0.25) is 0 Å². The van der Waals surface area contributed by atoms with Crippen molar-refractivity contribution in [2.24, 2.45) is 0 Å². The van der Waals surface area contributed by atoms with Gasteiger partial charge in [0.25, 0.3) is 0 Å². The second kappa shape index (κ2) is 6.32. The summed E-state index contributed by atoms with van der Waals surface area (Å²) >= 11 is 0. The second-order valence-electron chi connectivity index (χ2n) is 2.99. The van der Waals surface area contributed by atoms with Crippen molar-refractivity contribution >= 4 is 0 Å². The quantitative estimate of drug-likeness (QED) is 0.541. The molecule has 3 heteroatoms. The lowest BCUT2D eigenvalue weighted by Gasteiger charge is -2.04. The molecular formula is C9H16F3. The normalized spacial score (nSPS) is 12.0. The largest absolute Gasteiger partial charge is 0.389 e. The van der Waals surface area contributed by atoms with Crippen molar-refractivity contribution in [3.05, 3.63) is 6.92 Å². The first kappa shape index (κ1) is 11.8. The van der Waals surface area contributed by atoms with Crippen molar-refractivity contribution in [3.8, 4) is 0 Å². The van der Waals surface area contributed by atoms with Crippen LogP contribution in [0.15, 0.2) is 0 Å². The maximum Gasteiger partial charge on any atom is 0.389 e. The highest BCUT2D eigenvalue weighted by atomic mass is 19.4. The number of unbranched alkanes of at least 4 members (excludes halogenated alkanes) is 5. The molecule has 0 aliphatic heterocycles. The van der Waals surface area contributed by atoms with E-state index in [1.807, 2.05) is 0 Å². The zero-order valence-corrected chi connectivity index (χ0v) is 7.29. The maximum atomic E-state index is 11.6. The summed E-state index contributed by atoms with van der Waals surface area (Å²) in [7, 11) is 0. The minimum Gasteiger partial charge on any atom is -0.171 e. The van der Waals surface area contributed by atoms with E-state index in [2.05, 4.69) is 6.92 Å². The van der Waals surface area contributed by atoms with Crippen LogP contribution in [-0.2, 0) is 0 Å². The van der Waals surface area contributed by atoms with E-state index in [4.69, 9.17) is 0 Å². The molecule has 0 aromatic carbocycles. The number of rotatable bonds is 6. The molecule has 0 saturated heterocycles. The molecule has 0 rings (SSSR count). The SMILES string of the molecule is [CH2]CCCCCCCC(F)(F)F. The van der Waals surface area contributed by atoms with Crippen LogP contribution >= 0.6 is 0 Å². The van der Waals surface area contributed by atoms with E-state index < -0.39 is 12.6 Å². The van der Waals surface area contributed by atoms with E-state index in [1.54, 1.807) is 0 Å². The molecule has 73 valence electrons. The van der Waals surface area contributed by atoms with Crippen LogP contribution in [0.25, 0.3) is 0 Å². The van der Waals surface area contributed by atoms with Gasteiger partial charge in [-0.2, -0.15) is 13.2 Å². The topological polar surface area (TPSA) is 0 Å². The lowest BCUT2D eigenvalue weighted by Crippen LogP contribution is -2.06. The summed E-state index contributed by atoms with van der Waals surface area (Å²) in [6.45, 7) is 3.66. The highest BCUT2D eigenvalue weighted by Crippen LogP contribution is 2.22. The molecule has 0 atom stereocenters. The molecule has 0 fully saturated rings. The Kier molecular flexibility index (Phi) is 6.21. The Labute approximate surface area is 72.2 Å². The first-order chi connectivity index (χ1) is 5.56. The lowest BCUT2D eigenvalue weighted by atomic mass is 10.1. The minimum absolute atomic E-state index is 0.278. The van der Waals surface area contributed by atoms with E-state index in [0.29, 0.717) is 6.42 Å². The molecule has 0 aromatic heterocycles. The fraction of sp³-hybridized carbons (Fsp3) is 0.889. The molecule has 0 unspecified atom stereocenters. The van der Waals surface area contributed by atoms with E-state index in [9.17, 15) is 13.2 Å². The van der Waals surface area contributed by atoms with Gasteiger partial charge in [0.15, 0.2) is 0 Å². The standard InChI is InChI=1S/C9H16F3/c1-2-3-4-5-6-7-8-9(10,11)12/h1-8H2. The third kappa shape index (κ3) is 9.79. The van der Waals surface area contributed by atoms with Crippen LogP contribution in [0.3, 0.4) is 0 Å². The Hall–Kier alpha value is -0.210. The van der Waals surface area contributed by atoms with Crippen LogP contribution in [0.1, 0.15) is 44.9 Å². The summed E-state index contributed by atoms with van der Waals surface area (Å²) in [4.78, 5) is 0. The molecule has 1 radical (unpaired) electrons. The van der Waals surface area contributed by atoms with Crippen LogP contribution in [0, 0.1) is 6.92 Å². The van der Waals surface area contributed by atoms with Gasteiger partial charge in [-0.15, -0.1) is 0 Å². The average molecular weight is 181 g/mol. The van der Waals surface area contributed by atoms with E-state index in [-0.39, 0.29) is 6.42 Å².